The third-order valence-electron chi connectivity index (χ3n) is 2.59. The summed E-state index contributed by atoms with van der Waals surface area (Å²) in [6.45, 7) is 1.26. The van der Waals surface area contributed by atoms with Gasteiger partial charge in [-0.2, -0.15) is 5.26 Å². The zero-order valence-corrected chi connectivity index (χ0v) is 8.75. The van der Waals surface area contributed by atoms with Crippen LogP contribution in [0.25, 0.3) is 0 Å². The molecule has 2 atom stereocenters. The molecule has 0 bridgehead atoms. The lowest BCUT2D eigenvalue weighted by Crippen LogP contribution is -2.40. The lowest BCUT2D eigenvalue weighted by atomic mass is 9.99. The smallest absolute Gasteiger partial charge is 0.171 e. The summed E-state index contributed by atoms with van der Waals surface area (Å²) in [5.41, 5.74) is -1.26. The molecule has 0 saturated carbocycles. The number of ether oxygens (including phenoxy) is 1. The Morgan fingerprint density at radius 2 is 2.36 bits per heavy atom. The van der Waals surface area contributed by atoms with Crippen molar-refractivity contribution in [3.63, 3.8) is 0 Å². The number of nitrogens with zero attached hydrogens (tertiary/aromatic N) is 1. The minimum absolute atomic E-state index is 0.00653. The molecule has 1 rings (SSSR count). The summed E-state index contributed by atoms with van der Waals surface area (Å²) in [6, 6.07) is 1.91. The second kappa shape index (κ2) is 3.85. The molecule has 0 radical (unpaired) electrons. The molecule has 1 fully saturated rings. The molecule has 1 N–H and O–H groups in total. The van der Waals surface area contributed by atoms with Gasteiger partial charge >= 0.3 is 0 Å². The number of aliphatic hydroxyl groups is 1. The van der Waals surface area contributed by atoms with Gasteiger partial charge in [-0.15, -0.1) is 0 Å². The van der Waals surface area contributed by atoms with Crippen molar-refractivity contribution in [2.24, 2.45) is 0 Å². The topological polar surface area (TPSA) is 87.4 Å². The van der Waals surface area contributed by atoms with Crippen LogP contribution < -0.4 is 0 Å². The first kappa shape index (κ1) is 11.4. The van der Waals surface area contributed by atoms with E-state index in [9.17, 15) is 8.42 Å². The van der Waals surface area contributed by atoms with Crippen LogP contribution in [0.15, 0.2) is 0 Å². The Labute approximate surface area is 83.2 Å². The first-order chi connectivity index (χ1) is 6.48. The summed E-state index contributed by atoms with van der Waals surface area (Å²) in [7, 11) is -3.20. The zero-order chi connectivity index (χ0) is 10.8. The van der Waals surface area contributed by atoms with Crippen LogP contribution in [0.3, 0.4) is 0 Å². The molecule has 0 aromatic rings. The van der Waals surface area contributed by atoms with Crippen molar-refractivity contribution in [2.75, 3.05) is 19.0 Å². The Morgan fingerprint density at radius 1 is 1.71 bits per heavy atom. The van der Waals surface area contributed by atoms with Crippen LogP contribution in [0.5, 0.6) is 0 Å². The quantitative estimate of drug-likeness (QED) is 0.689. The molecule has 14 heavy (non-hydrogen) atoms. The van der Waals surface area contributed by atoms with E-state index in [1.54, 1.807) is 0 Å². The molecule has 1 heterocycles. The number of aliphatic hydroxyl groups excluding tert-OH is 1. The third kappa shape index (κ3) is 1.75. The molecule has 0 spiro atoms. The number of sulfone groups is 1. The van der Waals surface area contributed by atoms with Crippen molar-refractivity contribution in [2.45, 2.75) is 24.2 Å². The Kier molecular flexibility index (Phi) is 3.14. The van der Waals surface area contributed by atoms with Gasteiger partial charge in [-0.3, -0.25) is 0 Å². The van der Waals surface area contributed by atoms with Crippen LogP contribution in [-0.4, -0.2) is 43.3 Å². The van der Waals surface area contributed by atoms with Crippen LogP contribution in [0.4, 0.5) is 0 Å². The highest BCUT2D eigenvalue weighted by atomic mass is 32.2. The first-order valence-corrected chi connectivity index (χ1v) is 6.08. The monoisotopic (exact) mass is 219 g/mol. The highest BCUT2D eigenvalue weighted by Crippen LogP contribution is 2.33. The fraction of sp³-hybridized carbons (Fsp3) is 0.875. The molecule has 1 aliphatic heterocycles. The van der Waals surface area contributed by atoms with Gasteiger partial charge in [-0.25, -0.2) is 8.42 Å². The molecule has 6 heteroatoms. The highest BCUT2D eigenvalue weighted by Gasteiger charge is 2.51. The van der Waals surface area contributed by atoms with Gasteiger partial charge in [0.15, 0.2) is 15.4 Å². The summed E-state index contributed by atoms with van der Waals surface area (Å²) < 4.78 is 28.0. The summed E-state index contributed by atoms with van der Waals surface area (Å²) >= 11 is 0. The largest absolute Gasteiger partial charge is 0.394 e. The number of hydrogen-bond acceptors (Lipinski definition) is 5. The Balaban J connectivity index is 2.89. The number of rotatable bonds is 3. The fourth-order valence-corrected chi connectivity index (χ4v) is 3.32. The SMILES string of the molecule is CC1C(C#N)(OCCO)CCS1(=O)=O. The standard InChI is InChI=1S/C8H13NO4S/c1-7-8(6-9,13-4-3-10)2-5-14(7,11)12/h7,10H,2-5H2,1H3. The first-order valence-electron chi connectivity index (χ1n) is 4.36. The van der Waals surface area contributed by atoms with Crippen LogP contribution in [-0.2, 0) is 14.6 Å². The second-order valence-electron chi connectivity index (χ2n) is 3.33. The van der Waals surface area contributed by atoms with Gasteiger partial charge in [0, 0.05) is 6.42 Å². The maximum Gasteiger partial charge on any atom is 0.171 e. The van der Waals surface area contributed by atoms with E-state index in [4.69, 9.17) is 15.1 Å². The Hall–Kier alpha value is -0.640. The van der Waals surface area contributed by atoms with Crippen molar-refractivity contribution >= 4 is 9.84 Å². The lowest BCUT2D eigenvalue weighted by molar-refractivity contribution is -0.0160. The van der Waals surface area contributed by atoms with E-state index < -0.39 is 20.7 Å². The number of hydrogen-bond donors (Lipinski definition) is 1. The highest BCUT2D eigenvalue weighted by molar-refractivity contribution is 7.92. The van der Waals surface area contributed by atoms with Gasteiger partial charge in [-0.1, -0.05) is 0 Å². The second-order valence-corrected chi connectivity index (χ2v) is 5.77. The molecule has 0 aromatic heterocycles. The zero-order valence-electron chi connectivity index (χ0n) is 7.93. The van der Waals surface area contributed by atoms with E-state index in [0.717, 1.165) is 0 Å². The summed E-state index contributed by atoms with van der Waals surface area (Å²) in [6.07, 6.45) is 0.188. The molecule has 5 nitrogen and oxygen atoms in total. The summed E-state index contributed by atoms with van der Waals surface area (Å²) in [5, 5.41) is 16.7. The summed E-state index contributed by atoms with van der Waals surface area (Å²) in [5.74, 6) is -0.0207. The lowest BCUT2D eigenvalue weighted by Gasteiger charge is -2.24. The molecule has 2 unspecified atom stereocenters. The molecule has 0 aliphatic carbocycles. The Bertz CT molecular complexity index is 345. The van der Waals surface area contributed by atoms with Gasteiger partial charge < -0.3 is 9.84 Å². The van der Waals surface area contributed by atoms with Gasteiger partial charge in [-0.05, 0) is 6.92 Å². The van der Waals surface area contributed by atoms with Crippen molar-refractivity contribution in [3.8, 4) is 6.07 Å². The molecular weight excluding hydrogens is 206 g/mol. The number of nitriles is 1. The normalized spacial score (nSPS) is 35.4. The maximum absolute atomic E-state index is 11.4. The van der Waals surface area contributed by atoms with Crippen LogP contribution in [0.2, 0.25) is 0 Å². The van der Waals surface area contributed by atoms with Crippen LogP contribution in [0, 0.1) is 11.3 Å². The molecule has 0 amide bonds. The fourth-order valence-electron chi connectivity index (χ4n) is 1.56. The molecule has 0 aromatic carbocycles. The minimum atomic E-state index is -3.20. The maximum atomic E-state index is 11.4. The van der Waals surface area contributed by atoms with Crippen molar-refractivity contribution in [3.05, 3.63) is 0 Å². The Morgan fingerprint density at radius 3 is 2.71 bits per heavy atom. The van der Waals surface area contributed by atoms with Gasteiger partial charge in [0.25, 0.3) is 0 Å². The summed E-state index contributed by atoms with van der Waals surface area (Å²) in [4.78, 5) is 0. The predicted octanol–water partition coefficient (Wildman–Crippen LogP) is -0.535. The van der Waals surface area contributed by atoms with Gasteiger partial charge in [0.1, 0.15) is 5.25 Å². The van der Waals surface area contributed by atoms with Crippen LogP contribution in [0.1, 0.15) is 13.3 Å². The van der Waals surface area contributed by atoms with Gasteiger partial charge in [0.2, 0.25) is 0 Å². The van der Waals surface area contributed by atoms with E-state index in [1.807, 2.05) is 6.07 Å². The third-order valence-corrected chi connectivity index (χ3v) is 4.82. The molecule has 1 aliphatic rings. The average molecular weight is 219 g/mol. The van der Waals surface area contributed by atoms with E-state index in [1.165, 1.54) is 6.92 Å². The van der Waals surface area contributed by atoms with Crippen molar-refractivity contribution in [1.82, 2.24) is 0 Å². The molecular formula is C8H13NO4S. The van der Waals surface area contributed by atoms with E-state index in [-0.39, 0.29) is 25.4 Å². The van der Waals surface area contributed by atoms with E-state index >= 15 is 0 Å². The minimum Gasteiger partial charge on any atom is -0.394 e. The van der Waals surface area contributed by atoms with E-state index in [0.29, 0.717) is 0 Å². The van der Waals surface area contributed by atoms with Crippen LogP contribution >= 0.6 is 0 Å². The molecule has 80 valence electrons. The van der Waals surface area contributed by atoms with E-state index in [2.05, 4.69) is 0 Å². The van der Waals surface area contributed by atoms with Crippen molar-refractivity contribution < 1.29 is 18.3 Å². The molecule has 1 saturated heterocycles. The van der Waals surface area contributed by atoms with Gasteiger partial charge in [0.05, 0.1) is 25.0 Å². The average Bonchev–Trinajstić information content (AvgIpc) is 2.39. The van der Waals surface area contributed by atoms with Crippen molar-refractivity contribution in [1.29, 1.82) is 5.26 Å². The predicted molar refractivity (Wildman–Crippen MR) is 49.2 cm³/mol.